The number of anilines is 1. The molecular weight excluding hydrogens is 342 g/mol. The van der Waals surface area contributed by atoms with Gasteiger partial charge in [-0.05, 0) is 36.2 Å². The second-order valence-corrected chi connectivity index (χ2v) is 7.43. The topological polar surface area (TPSA) is 36.4 Å². The van der Waals surface area contributed by atoms with Crippen LogP contribution in [0.4, 0.5) is 5.69 Å². The predicted octanol–water partition coefficient (Wildman–Crippen LogP) is 3.62. The number of benzene rings is 1. The van der Waals surface area contributed by atoms with E-state index in [0.29, 0.717) is 17.3 Å². The number of hydrogen-bond acceptors (Lipinski definition) is 4. The molecule has 1 aromatic heterocycles. The van der Waals surface area contributed by atoms with Gasteiger partial charge in [-0.15, -0.1) is 11.8 Å². The number of carbonyl (C=O) groups is 1. The molecule has 1 unspecified atom stereocenters. The highest BCUT2D eigenvalue weighted by atomic mass is 35.5. The third-order valence-electron chi connectivity index (χ3n) is 4.13. The van der Waals surface area contributed by atoms with Crippen molar-refractivity contribution in [3.05, 3.63) is 58.9 Å². The Labute approximate surface area is 151 Å². The number of thioether (sulfide) groups is 1. The lowest BCUT2D eigenvalue weighted by Crippen LogP contribution is -2.30. The summed E-state index contributed by atoms with van der Waals surface area (Å²) in [6.07, 6.45) is 4.38. The Morgan fingerprint density at radius 1 is 1.29 bits per heavy atom. The first-order valence-electron chi connectivity index (χ1n) is 7.83. The van der Waals surface area contributed by atoms with Gasteiger partial charge in [0.15, 0.2) is 0 Å². The fraction of sp³-hybridized carbons (Fsp3) is 0.333. The van der Waals surface area contributed by atoms with Crippen LogP contribution in [-0.2, 0) is 11.2 Å². The number of aromatic nitrogens is 1. The van der Waals surface area contributed by atoms with Crippen LogP contribution in [-0.4, -0.2) is 42.2 Å². The van der Waals surface area contributed by atoms with Crippen molar-refractivity contribution in [3.63, 3.8) is 0 Å². The first-order valence-corrected chi connectivity index (χ1v) is 9.25. The Balaban J connectivity index is 1.78. The zero-order valence-electron chi connectivity index (χ0n) is 13.8. The molecule has 24 heavy (non-hydrogen) atoms. The molecule has 0 bridgehead atoms. The summed E-state index contributed by atoms with van der Waals surface area (Å²) in [5.74, 6) is 0.680. The summed E-state index contributed by atoms with van der Waals surface area (Å²) >= 11 is 8.14. The van der Waals surface area contributed by atoms with Gasteiger partial charge in [-0.3, -0.25) is 9.78 Å². The predicted molar refractivity (Wildman–Crippen MR) is 101 cm³/mol. The molecule has 1 aliphatic heterocycles. The van der Waals surface area contributed by atoms with E-state index >= 15 is 0 Å². The maximum absolute atomic E-state index is 12.3. The van der Waals surface area contributed by atoms with Crippen molar-refractivity contribution in [3.8, 4) is 0 Å². The molecular formula is C18H20ClN3OS. The van der Waals surface area contributed by atoms with Gasteiger partial charge in [-0.1, -0.05) is 17.7 Å². The molecule has 0 aliphatic carbocycles. The first kappa shape index (κ1) is 17.1. The quantitative estimate of drug-likeness (QED) is 0.815. The van der Waals surface area contributed by atoms with Crippen molar-refractivity contribution in [2.75, 3.05) is 31.3 Å². The second kappa shape index (κ2) is 7.45. The summed E-state index contributed by atoms with van der Waals surface area (Å²) in [4.78, 5) is 20.3. The van der Waals surface area contributed by atoms with Gasteiger partial charge in [0.1, 0.15) is 5.37 Å². The van der Waals surface area contributed by atoms with Crippen molar-refractivity contribution in [1.29, 1.82) is 0 Å². The van der Waals surface area contributed by atoms with Crippen LogP contribution in [0.3, 0.4) is 0 Å². The number of hydrogen-bond donors (Lipinski definition) is 0. The van der Waals surface area contributed by atoms with Crippen LogP contribution >= 0.6 is 23.4 Å². The van der Waals surface area contributed by atoms with Crippen molar-refractivity contribution >= 4 is 35.0 Å². The average molecular weight is 362 g/mol. The largest absolute Gasteiger partial charge is 0.378 e. The van der Waals surface area contributed by atoms with Gasteiger partial charge in [0.2, 0.25) is 5.91 Å². The standard InChI is InChI=1S/C18H20ClN3OS/c1-21(2)14-3-4-15(16(19)11-14)18-22(17(23)12-24-18)10-7-13-5-8-20-9-6-13/h3-6,8-9,11,18H,7,10,12H2,1-2H3. The van der Waals surface area contributed by atoms with Gasteiger partial charge in [0, 0.05) is 49.3 Å². The molecule has 4 nitrogen and oxygen atoms in total. The van der Waals surface area contributed by atoms with E-state index in [2.05, 4.69) is 4.98 Å². The van der Waals surface area contributed by atoms with Gasteiger partial charge < -0.3 is 9.80 Å². The number of rotatable bonds is 5. The summed E-state index contributed by atoms with van der Waals surface area (Å²) in [6, 6.07) is 10.0. The van der Waals surface area contributed by atoms with Crippen molar-refractivity contribution < 1.29 is 4.79 Å². The third-order valence-corrected chi connectivity index (χ3v) is 5.69. The van der Waals surface area contributed by atoms with Gasteiger partial charge in [0.05, 0.1) is 5.75 Å². The van der Waals surface area contributed by atoms with Crippen LogP contribution in [0.1, 0.15) is 16.5 Å². The highest BCUT2D eigenvalue weighted by Gasteiger charge is 2.33. The van der Waals surface area contributed by atoms with E-state index in [4.69, 9.17) is 11.6 Å². The Hall–Kier alpha value is -1.72. The SMILES string of the molecule is CN(C)c1ccc(C2SCC(=O)N2CCc2ccncc2)c(Cl)c1. The highest BCUT2D eigenvalue weighted by molar-refractivity contribution is 8.00. The van der Waals surface area contributed by atoms with Crippen molar-refractivity contribution in [2.24, 2.45) is 0 Å². The number of pyridine rings is 1. The van der Waals surface area contributed by atoms with Crippen molar-refractivity contribution in [1.82, 2.24) is 9.88 Å². The maximum atomic E-state index is 12.3. The lowest BCUT2D eigenvalue weighted by atomic mass is 10.1. The summed E-state index contributed by atoms with van der Waals surface area (Å²) < 4.78 is 0. The summed E-state index contributed by atoms with van der Waals surface area (Å²) in [5.41, 5.74) is 3.25. The molecule has 126 valence electrons. The van der Waals surface area contributed by atoms with Crippen LogP contribution in [0.25, 0.3) is 0 Å². The molecule has 6 heteroatoms. The van der Waals surface area contributed by atoms with E-state index in [0.717, 1.165) is 17.7 Å². The summed E-state index contributed by atoms with van der Waals surface area (Å²) in [6.45, 7) is 0.687. The minimum atomic E-state index is -0.0111. The van der Waals surface area contributed by atoms with E-state index < -0.39 is 0 Å². The van der Waals surface area contributed by atoms with E-state index in [1.807, 2.05) is 54.2 Å². The maximum Gasteiger partial charge on any atom is 0.233 e. The lowest BCUT2D eigenvalue weighted by molar-refractivity contribution is -0.128. The number of carbonyl (C=O) groups excluding carboxylic acids is 1. The Bertz CT molecular complexity index is 723. The second-order valence-electron chi connectivity index (χ2n) is 5.96. The average Bonchev–Trinajstić information content (AvgIpc) is 2.94. The van der Waals surface area contributed by atoms with Crippen LogP contribution in [0.5, 0.6) is 0 Å². The van der Waals surface area contributed by atoms with Crippen LogP contribution in [0.2, 0.25) is 5.02 Å². The monoisotopic (exact) mass is 361 g/mol. The molecule has 1 amide bonds. The Kier molecular flexibility index (Phi) is 5.31. The Morgan fingerprint density at radius 2 is 2.04 bits per heavy atom. The zero-order chi connectivity index (χ0) is 17.1. The number of nitrogens with zero attached hydrogens (tertiary/aromatic N) is 3. The number of halogens is 1. The molecule has 1 aromatic carbocycles. The normalized spacial score (nSPS) is 17.4. The molecule has 1 aliphatic rings. The molecule has 0 radical (unpaired) electrons. The lowest BCUT2D eigenvalue weighted by Gasteiger charge is -2.25. The minimum absolute atomic E-state index is 0.0111. The molecule has 2 aromatic rings. The van der Waals surface area contributed by atoms with Crippen LogP contribution in [0, 0.1) is 0 Å². The zero-order valence-corrected chi connectivity index (χ0v) is 15.3. The van der Waals surface area contributed by atoms with Crippen molar-refractivity contribution in [2.45, 2.75) is 11.8 Å². The molecule has 1 fully saturated rings. The van der Waals surface area contributed by atoms with E-state index in [-0.39, 0.29) is 11.3 Å². The van der Waals surface area contributed by atoms with Gasteiger partial charge in [-0.2, -0.15) is 0 Å². The van der Waals surface area contributed by atoms with Crippen LogP contribution < -0.4 is 4.90 Å². The smallest absolute Gasteiger partial charge is 0.233 e. The van der Waals surface area contributed by atoms with Gasteiger partial charge in [-0.25, -0.2) is 0 Å². The molecule has 0 spiro atoms. The highest BCUT2D eigenvalue weighted by Crippen LogP contribution is 2.42. The van der Waals surface area contributed by atoms with Crippen LogP contribution in [0.15, 0.2) is 42.7 Å². The molecule has 1 atom stereocenters. The Morgan fingerprint density at radius 3 is 2.71 bits per heavy atom. The molecule has 3 rings (SSSR count). The van der Waals surface area contributed by atoms with Gasteiger partial charge in [0.25, 0.3) is 0 Å². The fourth-order valence-corrected chi connectivity index (χ4v) is 4.34. The molecule has 0 saturated carbocycles. The molecule has 2 heterocycles. The minimum Gasteiger partial charge on any atom is -0.378 e. The number of amides is 1. The van der Waals surface area contributed by atoms with E-state index in [1.165, 1.54) is 5.56 Å². The molecule has 0 N–H and O–H groups in total. The third kappa shape index (κ3) is 3.68. The van der Waals surface area contributed by atoms with Gasteiger partial charge >= 0.3 is 0 Å². The fourth-order valence-electron chi connectivity index (χ4n) is 2.75. The summed E-state index contributed by atoms with van der Waals surface area (Å²) in [7, 11) is 3.97. The summed E-state index contributed by atoms with van der Waals surface area (Å²) in [5, 5.41) is 0.699. The molecule has 1 saturated heterocycles. The van der Waals surface area contributed by atoms with E-state index in [1.54, 1.807) is 24.2 Å². The first-order chi connectivity index (χ1) is 11.6. The van der Waals surface area contributed by atoms with E-state index in [9.17, 15) is 4.79 Å².